The maximum atomic E-state index is 12.5. The van der Waals surface area contributed by atoms with Crippen molar-refractivity contribution in [2.75, 3.05) is 19.4 Å². The molecule has 2 heterocycles. The van der Waals surface area contributed by atoms with Crippen LogP contribution in [0, 0.1) is 5.92 Å². The highest BCUT2D eigenvalue weighted by Crippen LogP contribution is 2.33. The van der Waals surface area contributed by atoms with Gasteiger partial charge in [-0.2, -0.15) is 9.40 Å². The lowest BCUT2D eigenvalue weighted by atomic mass is 10.1. The van der Waals surface area contributed by atoms with Crippen LogP contribution in [0.4, 0.5) is 0 Å². The molecule has 6 nitrogen and oxygen atoms in total. The van der Waals surface area contributed by atoms with Crippen molar-refractivity contribution in [3.05, 3.63) is 17.0 Å². The second-order valence-corrected chi connectivity index (χ2v) is 8.77. The standard InChI is InChI=1S/C16H27N3O3S/c1-3-4-9-23(20,21)18-8-7-16-14(11-18)15(12-22-2)17-19(16)10-13-5-6-13/h13H,3-12H2,1-2H3. The summed E-state index contributed by atoms with van der Waals surface area (Å²) in [6.45, 7) is 4.45. The van der Waals surface area contributed by atoms with Crippen molar-refractivity contribution in [1.29, 1.82) is 0 Å². The summed E-state index contributed by atoms with van der Waals surface area (Å²) in [7, 11) is -1.51. The van der Waals surface area contributed by atoms with Crippen molar-refractivity contribution in [3.63, 3.8) is 0 Å². The van der Waals surface area contributed by atoms with Gasteiger partial charge in [0.05, 0.1) is 18.1 Å². The van der Waals surface area contributed by atoms with E-state index in [1.165, 1.54) is 18.5 Å². The van der Waals surface area contributed by atoms with Crippen LogP contribution < -0.4 is 0 Å². The van der Waals surface area contributed by atoms with E-state index >= 15 is 0 Å². The molecule has 23 heavy (non-hydrogen) atoms. The second kappa shape index (κ2) is 6.91. The zero-order chi connectivity index (χ0) is 16.4. The first-order chi connectivity index (χ1) is 11.0. The molecule has 1 aromatic rings. The summed E-state index contributed by atoms with van der Waals surface area (Å²) in [6.07, 6.45) is 4.94. The van der Waals surface area contributed by atoms with Crippen molar-refractivity contribution < 1.29 is 13.2 Å². The summed E-state index contributed by atoms with van der Waals surface area (Å²) < 4.78 is 34.0. The van der Waals surface area contributed by atoms with E-state index in [1.807, 2.05) is 6.92 Å². The third-order valence-corrected chi connectivity index (χ3v) is 6.64. The fourth-order valence-corrected chi connectivity index (χ4v) is 4.79. The van der Waals surface area contributed by atoms with Gasteiger partial charge in [0.15, 0.2) is 0 Å². The fourth-order valence-electron chi connectivity index (χ4n) is 3.18. The predicted molar refractivity (Wildman–Crippen MR) is 88.5 cm³/mol. The molecule has 0 amide bonds. The quantitative estimate of drug-likeness (QED) is 0.725. The van der Waals surface area contributed by atoms with Gasteiger partial charge >= 0.3 is 0 Å². The third kappa shape index (κ3) is 3.78. The summed E-state index contributed by atoms with van der Waals surface area (Å²) in [5.41, 5.74) is 3.18. The van der Waals surface area contributed by atoms with Crippen molar-refractivity contribution in [3.8, 4) is 0 Å². The minimum absolute atomic E-state index is 0.245. The van der Waals surface area contributed by atoms with Gasteiger partial charge in [0.1, 0.15) is 0 Å². The van der Waals surface area contributed by atoms with Crippen LogP contribution >= 0.6 is 0 Å². The number of hydrogen-bond acceptors (Lipinski definition) is 4. The number of rotatable bonds is 8. The van der Waals surface area contributed by atoms with E-state index in [0.717, 1.165) is 43.0 Å². The Morgan fingerprint density at radius 1 is 1.35 bits per heavy atom. The molecule has 0 unspecified atom stereocenters. The van der Waals surface area contributed by atoms with Crippen LogP contribution in [-0.2, 0) is 40.9 Å². The number of hydrogen-bond donors (Lipinski definition) is 0. The Labute approximate surface area is 138 Å². The summed E-state index contributed by atoms with van der Waals surface area (Å²) in [4.78, 5) is 0. The molecule has 7 heteroatoms. The molecule has 1 fully saturated rings. The Kier molecular flexibility index (Phi) is 5.08. The van der Waals surface area contributed by atoms with Crippen molar-refractivity contribution in [1.82, 2.24) is 14.1 Å². The number of nitrogens with zero attached hydrogens (tertiary/aromatic N) is 3. The number of aromatic nitrogens is 2. The fraction of sp³-hybridized carbons (Fsp3) is 0.812. The molecule has 1 aromatic heterocycles. The Hall–Kier alpha value is -0.920. The second-order valence-electron chi connectivity index (χ2n) is 6.68. The smallest absolute Gasteiger partial charge is 0.214 e. The predicted octanol–water partition coefficient (Wildman–Crippen LogP) is 1.93. The van der Waals surface area contributed by atoms with E-state index in [1.54, 1.807) is 11.4 Å². The number of unbranched alkanes of at least 4 members (excludes halogenated alkanes) is 1. The lowest BCUT2D eigenvalue weighted by Gasteiger charge is -2.27. The van der Waals surface area contributed by atoms with Crippen LogP contribution in [0.3, 0.4) is 0 Å². The van der Waals surface area contributed by atoms with Gasteiger partial charge < -0.3 is 4.74 Å². The number of ether oxygens (including phenoxy) is 1. The van der Waals surface area contributed by atoms with Crippen LogP contribution in [0.15, 0.2) is 0 Å². The zero-order valence-corrected chi connectivity index (χ0v) is 14.9. The van der Waals surface area contributed by atoms with E-state index in [9.17, 15) is 8.42 Å². The molecule has 0 atom stereocenters. The van der Waals surface area contributed by atoms with Gasteiger partial charge in [-0.25, -0.2) is 8.42 Å². The van der Waals surface area contributed by atoms with Gasteiger partial charge in [0.25, 0.3) is 0 Å². The highest BCUT2D eigenvalue weighted by Gasteiger charge is 2.32. The maximum absolute atomic E-state index is 12.5. The van der Waals surface area contributed by atoms with Gasteiger partial charge in [0, 0.05) is 44.4 Å². The first-order valence-corrected chi connectivity index (χ1v) is 10.2. The van der Waals surface area contributed by atoms with E-state index in [4.69, 9.17) is 9.84 Å². The molecular weight excluding hydrogens is 314 g/mol. The highest BCUT2D eigenvalue weighted by atomic mass is 32.2. The zero-order valence-electron chi connectivity index (χ0n) is 14.1. The van der Waals surface area contributed by atoms with Crippen molar-refractivity contribution in [2.24, 2.45) is 5.92 Å². The largest absolute Gasteiger partial charge is 0.378 e. The number of sulfonamides is 1. The van der Waals surface area contributed by atoms with Gasteiger partial charge in [-0.05, 0) is 25.2 Å². The van der Waals surface area contributed by atoms with Crippen LogP contribution in [0.2, 0.25) is 0 Å². The van der Waals surface area contributed by atoms with Crippen LogP contribution in [0.25, 0.3) is 0 Å². The molecular formula is C16H27N3O3S. The molecule has 130 valence electrons. The molecule has 0 aromatic carbocycles. The Bertz CT molecular complexity index is 650. The minimum Gasteiger partial charge on any atom is -0.378 e. The molecule has 1 saturated carbocycles. The molecule has 2 aliphatic rings. The first kappa shape index (κ1) is 16.9. The SMILES string of the molecule is CCCCS(=O)(=O)N1CCc2c(c(COC)nn2CC2CC2)C1. The van der Waals surface area contributed by atoms with Crippen LogP contribution in [0.5, 0.6) is 0 Å². The minimum atomic E-state index is -3.17. The Morgan fingerprint density at radius 3 is 2.78 bits per heavy atom. The monoisotopic (exact) mass is 341 g/mol. The molecule has 0 N–H and O–H groups in total. The average molecular weight is 341 g/mol. The van der Waals surface area contributed by atoms with Gasteiger partial charge in [-0.1, -0.05) is 13.3 Å². The number of methoxy groups -OCH3 is 1. The summed E-state index contributed by atoms with van der Waals surface area (Å²) in [5.74, 6) is 0.995. The summed E-state index contributed by atoms with van der Waals surface area (Å²) >= 11 is 0. The Morgan fingerprint density at radius 2 is 2.13 bits per heavy atom. The lowest BCUT2D eigenvalue weighted by Crippen LogP contribution is -2.38. The van der Waals surface area contributed by atoms with Gasteiger partial charge in [-0.15, -0.1) is 0 Å². The summed E-state index contributed by atoms with van der Waals surface area (Å²) in [5, 5.41) is 4.71. The van der Waals surface area contributed by atoms with E-state index < -0.39 is 10.0 Å². The molecule has 1 aliphatic carbocycles. The van der Waals surface area contributed by atoms with Crippen LogP contribution in [-0.4, -0.2) is 41.9 Å². The molecule has 0 radical (unpaired) electrons. The topological polar surface area (TPSA) is 64.4 Å². The molecule has 0 saturated heterocycles. The summed E-state index contributed by atoms with van der Waals surface area (Å²) in [6, 6.07) is 0. The maximum Gasteiger partial charge on any atom is 0.214 e. The van der Waals surface area contributed by atoms with Crippen LogP contribution in [0.1, 0.15) is 49.6 Å². The third-order valence-electron chi connectivity index (χ3n) is 4.74. The Balaban J connectivity index is 1.82. The highest BCUT2D eigenvalue weighted by molar-refractivity contribution is 7.89. The first-order valence-electron chi connectivity index (χ1n) is 8.59. The normalized spacial score (nSPS) is 19.0. The lowest BCUT2D eigenvalue weighted by molar-refractivity contribution is 0.179. The van der Waals surface area contributed by atoms with E-state index in [-0.39, 0.29) is 5.75 Å². The number of fused-ring (bicyclic) bond motifs is 1. The van der Waals surface area contributed by atoms with Gasteiger partial charge in [-0.3, -0.25) is 4.68 Å². The molecule has 0 spiro atoms. The molecule has 0 bridgehead atoms. The van der Waals surface area contributed by atoms with Gasteiger partial charge in [0.2, 0.25) is 10.0 Å². The molecule has 3 rings (SSSR count). The van der Waals surface area contributed by atoms with Crippen molar-refractivity contribution in [2.45, 2.75) is 58.7 Å². The van der Waals surface area contributed by atoms with E-state index in [2.05, 4.69) is 4.68 Å². The van der Waals surface area contributed by atoms with Crippen molar-refractivity contribution >= 4 is 10.0 Å². The average Bonchev–Trinajstić information content (AvgIpc) is 3.29. The molecule has 1 aliphatic heterocycles. The van der Waals surface area contributed by atoms with E-state index in [0.29, 0.717) is 19.7 Å².